The van der Waals surface area contributed by atoms with E-state index in [9.17, 15) is 4.79 Å². The van der Waals surface area contributed by atoms with Crippen LogP contribution in [0.2, 0.25) is 0 Å². The van der Waals surface area contributed by atoms with Crippen LogP contribution in [0.15, 0.2) is 12.4 Å². The molecule has 23 heavy (non-hydrogen) atoms. The minimum Gasteiger partial charge on any atom is -0.335 e. The van der Waals surface area contributed by atoms with Crippen LogP contribution >= 0.6 is 0 Å². The first-order chi connectivity index (χ1) is 11.0. The summed E-state index contributed by atoms with van der Waals surface area (Å²) in [5.41, 5.74) is 4.55. The minimum atomic E-state index is 0.176. The molecule has 1 aliphatic heterocycles. The fourth-order valence-electron chi connectivity index (χ4n) is 3.58. The van der Waals surface area contributed by atoms with Gasteiger partial charge in [0, 0.05) is 44.0 Å². The predicted molar refractivity (Wildman–Crippen MR) is 88.0 cm³/mol. The monoisotopic (exact) mass is 315 g/mol. The molecular formula is C17H25N5O. The molecule has 6 heteroatoms. The third-order valence-electron chi connectivity index (χ3n) is 4.79. The Morgan fingerprint density at radius 1 is 1.35 bits per heavy atom. The lowest BCUT2D eigenvalue weighted by Crippen LogP contribution is -2.31. The Kier molecular flexibility index (Phi) is 4.24. The van der Waals surface area contributed by atoms with Crippen LogP contribution in [-0.2, 0) is 18.4 Å². The van der Waals surface area contributed by atoms with Crippen molar-refractivity contribution in [3.63, 3.8) is 0 Å². The average Bonchev–Trinajstić information content (AvgIpc) is 3.18. The molecule has 1 fully saturated rings. The Bertz CT molecular complexity index is 715. The fourth-order valence-corrected chi connectivity index (χ4v) is 3.58. The normalized spacial score (nSPS) is 17.9. The van der Waals surface area contributed by atoms with Gasteiger partial charge >= 0.3 is 0 Å². The van der Waals surface area contributed by atoms with Crippen LogP contribution in [0.25, 0.3) is 0 Å². The molecule has 1 atom stereocenters. The number of nitrogens with zero attached hydrogens (tertiary/aromatic N) is 5. The van der Waals surface area contributed by atoms with Gasteiger partial charge in [0.1, 0.15) is 0 Å². The largest absolute Gasteiger partial charge is 0.335 e. The van der Waals surface area contributed by atoms with Gasteiger partial charge in [-0.1, -0.05) is 0 Å². The molecule has 124 valence electrons. The SMILES string of the molecule is Cc1cnn(CCC(=O)N2CCCC2c2c(C)nn(C)c2C)c1. The topological polar surface area (TPSA) is 56.0 Å². The molecule has 0 radical (unpaired) electrons. The van der Waals surface area contributed by atoms with Crippen LogP contribution < -0.4 is 0 Å². The maximum atomic E-state index is 12.7. The van der Waals surface area contributed by atoms with Crippen molar-refractivity contribution in [2.45, 2.75) is 52.6 Å². The molecule has 0 aliphatic carbocycles. The molecule has 3 rings (SSSR count). The lowest BCUT2D eigenvalue weighted by molar-refractivity contribution is -0.132. The number of hydrogen-bond acceptors (Lipinski definition) is 3. The molecule has 1 amide bonds. The summed E-state index contributed by atoms with van der Waals surface area (Å²) in [5.74, 6) is 0.211. The number of aryl methyl sites for hydroxylation is 4. The smallest absolute Gasteiger partial charge is 0.224 e. The second-order valence-electron chi connectivity index (χ2n) is 6.48. The highest BCUT2D eigenvalue weighted by Gasteiger charge is 2.33. The zero-order valence-corrected chi connectivity index (χ0v) is 14.4. The summed E-state index contributed by atoms with van der Waals surface area (Å²) >= 11 is 0. The van der Waals surface area contributed by atoms with Crippen molar-refractivity contribution in [2.24, 2.45) is 7.05 Å². The van der Waals surface area contributed by atoms with Gasteiger partial charge in [-0.15, -0.1) is 0 Å². The molecule has 0 N–H and O–H groups in total. The number of aromatic nitrogens is 4. The molecule has 3 heterocycles. The highest BCUT2D eigenvalue weighted by molar-refractivity contribution is 5.77. The predicted octanol–water partition coefficient (Wildman–Crippen LogP) is 2.30. The summed E-state index contributed by atoms with van der Waals surface area (Å²) in [5, 5.41) is 8.77. The first-order valence-corrected chi connectivity index (χ1v) is 8.26. The summed E-state index contributed by atoms with van der Waals surface area (Å²) in [6, 6.07) is 0.176. The van der Waals surface area contributed by atoms with Crippen LogP contribution in [-0.4, -0.2) is 36.9 Å². The zero-order valence-electron chi connectivity index (χ0n) is 14.4. The third-order valence-corrected chi connectivity index (χ3v) is 4.79. The summed E-state index contributed by atoms with van der Waals surface area (Å²) in [4.78, 5) is 14.7. The maximum Gasteiger partial charge on any atom is 0.224 e. The lowest BCUT2D eigenvalue weighted by Gasteiger charge is -2.25. The Hall–Kier alpha value is -2.11. The van der Waals surface area contributed by atoms with E-state index in [0.29, 0.717) is 13.0 Å². The van der Waals surface area contributed by atoms with E-state index in [1.54, 1.807) is 0 Å². The highest BCUT2D eigenvalue weighted by Crippen LogP contribution is 2.35. The van der Waals surface area contributed by atoms with Crippen molar-refractivity contribution in [3.05, 3.63) is 34.9 Å². The van der Waals surface area contributed by atoms with E-state index in [0.717, 1.165) is 36.3 Å². The van der Waals surface area contributed by atoms with Crippen molar-refractivity contribution in [1.29, 1.82) is 0 Å². The summed E-state index contributed by atoms with van der Waals surface area (Å²) in [6.45, 7) is 7.62. The number of likely N-dealkylation sites (tertiary alicyclic amines) is 1. The van der Waals surface area contributed by atoms with Crippen molar-refractivity contribution in [2.75, 3.05) is 6.54 Å². The van der Waals surface area contributed by atoms with Gasteiger partial charge in [0.05, 0.1) is 17.9 Å². The maximum absolute atomic E-state index is 12.7. The Labute approximate surface area is 137 Å². The zero-order chi connectivity index (χ0) is 16.6. The molecule has 0 saturated carbocycles. The Balaban J connectivity index is 1.72. The van der Waals surface area contributed by atoms with Crippen LogP contribution in [0.4, 0.5) is 0 Å². The molecule has 1 aliphatic rings. The van der Waals surface area contributed by atoms with E-state index >= 15 is 0 Å². The Morgan fingerprint density at radius 2 is 2.13 bits per heavy atom. The molecule has 2 aromatic rings. The van der Waals surface area contributed by atoms with Gasteiger partial charge in [-0.25, -0.2) is 0 Å². The van der Waals surface area contributed by atoms with E-state index in [4.69, 9.17) is 0 Å². The van der Waals surface area contributed by atoms with Crippen LogP contribution in [0.1, 0.15) is 47.8 Å². The molecule has 1 unspecified atom stereocenters. The van der Waals surface area contributed by atoms with E-state index in [-0.39, 0.29) is 11.9 Å². The number of rotatable bonds is 4. The molecule has 0 bridgehead atoms. The highest BCUT2D eigenvalue weighted by atomic mass is 16.2. The van der Waals surface area contributed by atoms with Gasteiger partial charge in [0.25, 0.3) is 0 Å². The van der Waals surface area contributed by atoms with Crippen LogP contribution in [0, 0.1) is 20.8 Å². The first-order valence-electron chi connectivity index (χ1n) is 8.26. The summed E-state index contributed by atoms with van der Waals surface area (Å²) in [7, 11) is 1.97. The number of hydrogen-bond donors (Lipinski definition) is 0. The second kappa shape index (κ2) is 6.18. The van der Waals surface area contributed by atoms with Crippen molar-refractivity contribution in [1.82, 2.24) is 24.5 Å². The van der Waals surface area contributed by atoms with E-state index in [1.807, 2.05) is 47.6 Å². The van der Waals surface area contributed by atoms with Crippen molar-refractivity contribution >= 4 is 5.91 Å². The molecule has 2 aromatic heterocycles. The molecule has 0 aromatic carbocycles. The van der Waals surface area contributed by atoms with E-state index < -0.39 is 0 Å². The Morgan fingerprint density at radius 3 is 2.74 bits per heavy atom. The van der Waals surface area contributed by atoms with Gasteiger partial charge in [0.2, 0.25) is 5.91 Å². The van der Waals surface area contributed by atoms with Gasteiger partial charge in [-0.3, -0.25) is 14.2 Å². The van der Waals surface area contributed by atoms with Crippen LogP contribution in [0.5, 0.6) is 0 Å². The lowest BCUT2D eigenvalue weighted by atomic mass is 10.0. The van der Waals surface area contributed by atoms with Crippen molar-refractivity contribution < 1.29 is 4.79 Å². The first kappa shape index (κ1) is 15.8. The quantitative estimate of drug-likeness (QED) is 0.870. The number of carbonyl (C=O) groups excluding carboxylic acids is 1. The third kappa shape index (κ3) is 3.02. The average molecular weight is 315 g/mol. The van der Waals surface area contributed by atoms with E-state index in [2.05, 4.69) is 17.1 Å². The van der Waals surface area contributed by atoms with Gasteiger partial charge in [-0.2, -0.15) is 10.2 Å². The fraction of sp³-hybridized carbons (Fsp3) is 0.588. The molecule has 1 saturated heterocycles. The molecular weight excluding hydrogens is 290 g/mol. The molecule has 0 spiro atoms. The molecule has 6 nitrogen and oxygen atoms in total. The van der Waals surface area contributed by atoms with Crippen LogP contribution in [0.3, 0.4) is 0 Å². The van der Waals surface area contributed by atoms with Gasteiger partial charge < -0.3 is 4.90 Å². The van der Waals surface area contributed by atoms with E-state index in [1.165, 1.54) is 5.56 Å². The minimum absolute atomic E-state index is 0.176. The number of carbonyl (C=O) groups is 1. The standard InChI is InChI=1S/C17H25N5O/c1-12-10-18-21(11-12)9-7-16(23)22-8-5-6-15(22)17-13(2)19-20(4)14(17)3/h10-11,15H,5-9H2,1-4H3. The summed E-state index contributed by atoms with van der Waals surface area (Å²) < 4.78 is 3.76. The van der Waals surface area contributed by atoms with Gasteiger partial charge in [0.15, 0.2) is 0 Å². The second-order valence-corrected chi connectivity index (χ2v) is 6.48. The number of amides is 1. The van der Waals surface area contributed by atoms with Gasteiger partial charge in [-0.05, 0) is 39.2 Å². The summed E-state index contributed by atoms with van der Waals surface area (Å²) in [6.07, 6.45) is 6.39. The van der Waals surface area contributed by atoms with Crippen molar-refractivity contribution in [3.8, 4) is 0 Å².